The molecule has 3 N–H and O–H groups in total. The van der Waals surface area contributed by atoms with Gasteiger partial charge in [0, 0.05) is 19.2 Å². The van der Waals surface area contributed by atoms with Crippen LogP contribution >= 0.6 is 0 Å². The average Bonchev–Trinajstić information content (AvgIpc) is 2.45. The normalized spacial score (nSPS) is 26.7. The van der Waals surface area contributed by atoms with E-state index in [4.69, 9.17) is 5.73 Å². The standard InChI is InChI=1S/C13H21N3O/c1-16-8-3-5-13(17,6-9-16)10-11-4-2-7-15-12(11)14/h2,4,7,17H,3,5-6,8-10H2,1H3,(H2,14,15). The summed E-state index contributed by atoms with van der Waals surface area (Å²) in [6.45, 7) is 2.00. The van der Waals surface area contributed by atoms with Gasteiger partial charge in [0.2, 0.25) is 0 Å². The largest absolute Gasteiger partial charge is 0.389 e. The van der Waals surface area contributed by atoms with Crippen molar-refractivity contribution in [2.24, 2.45) is 0 Å². The molecular formula is C13H21N3O. The molecule has 4 nitrogen and oxygen atoms in total. The lowest BCUT2D eigenvalue weighted by molar-refractivity contribution is 0.0264. The van der Waals surface area contributed by atoms with Gasteiger partial charge in [-0.1, -0.05) is 6.07 Å². The molecule has 1 aliphatic heterocycles. The number of nitrogen functional groups attached to an aromatic ring is 1. The highest BCUT2D eigenvalue weighted by molar-refractivity contribution is 5.39. The molecule has 1 fully saturated rings. The van der Waals surface area contributed by atoms with Crippen LogP contribution in [0.1, 0.15) is 24.8 Å². The van der Waals surface area contributed by atoms with Crippen LogP contribution in [-0.2, 0) is 6.42 Å². The second-order valence-corrected chi connectivity index (χ2v) is 5.11. The summed E-state index contributed by atoms with van der Waals surface area (Å²) in [4.78, 5) is 6.34. The Morgan fingerprint density at radius 3 is 3.06 bits per heavy atom. The maximum absolute atomic E-state index is 10.6. The summed E-state index contributed by atoms with van der Waals surface area (Å²) >= 11 is 0. The fraction of sp³-hybridized carbons (Fsp3) is 0.615. The van der Waals surface area contributed by atoms with E-state index in [2.05, 4.69) is 16.9 Å². The number of pyridine rings is 1. The van der Waals surface area contributed by atoms with Crippen LogP contribution in [0.15, 0.2) is 18.3 Å². The van der Waals surface area contributed by atoms with Crippen LogP contribution in [0.4, 0.5) is 5.82 Å². The van der Waals surface area contributed by atoms with Gasteiger partial charge in [0.1, 0.15) is 5.82 Å². The van der Waals surface area contributed by atoms with Crippen LogP contribution in [0.2, 0.25) is 0 Å². The first-order chi connectivity index (χ1) is 8.09. The highest BCUT2D eigenvalue weighted by Crippen LogP contribution is 2.27. The molecule has 1 aromatic heterocycles. The first-order valence-electron chi connectivity index (χ1n) is 6.19. The number of aliphatic hydroxyl groups is 1. The summed E-state index contributed by atoms with van der Waals surface area (Å²) < 4.78 is 0. The minimum atomic E-state index is -0.623. The average molecular weight is 235 g/mol. The second kappa shape index (κ2) is 5.02. The summed E-state index contributed by atoms with van der Waals surface area (Å²) in [6.07, 6.45) is 4.97. The quantitative estimate of drug-likeness (QED) is 0.804. The van der Waals surface area contributed by atoms with Crippen molar-refractivity contribution in [3.05, 3.63) is 23.9 Å². The van der Waals surface area contributed by atoms with E-state index in [0.29, 0.717) is 12.2 Å². The number of aromatic nitrogens is 1. The molecule has 1 aliphatic rings. The lowest BCUT2D eigenvalue weighted by Crippen LogP contribution is -2.33. The van der Waals surface area contributed by atoms with E-state index in [1.54, 1.807) is 6.20 Å². The molecule has 2 rings (SSSR count). The predicted octanol–water partition coefficient (Wildman–Crippen LogP) is 1.05. The van der Waals surface area contributed by atoms with Crippen molar-refractivity contribution < 1.29 is 5.11 Å². The molecule has 0 spiro atoms. The molecular weight excluding hydrogens is 214 g/mol. The lowest BCUT2D eigenvalue weighted by atomic mass is 9.88. The zero-order chi connectivity index (χ0) is 12.3. The van der Waals surface area contributed by atoms with Gasteiger partial charge in [-0.25, -0.2) is 4.98 Å². The van der Waals surface area contributed by atoms with Gasteiger partial charge >= 0.3 is 0 Å². The molecule has 0 aliphatic carbocycles. The van der Waals surface area contributed by atoms with Crippen molar-refractivity contribution in [2.75, 3.05) is 25.9 Å². The Kier molecular flexibility index (Phi) is 3.64. The van der Waals surface area contributed by atoms with Crippen LogP contribution in [0.25, 0.3) is 0 Å². The first kappa shape index (κ1) is 12.3. The molecule has 0 radical (unpaired) electrons. The minimum absolute atomic E-state index is 0.540. The van der Waals surface area contributed by atoms with Gasteiger partial charge in [-0.3, -0.25) is 0 Å². The molecule has 94 valence electrons. The third kappa shape index (κ3) is 3.17. The third-order valence-electron chi connectivity index (χ3n) is 3.59. The predicted molar refractivity (Wildman–Crippen MR) is 68.7 cm³/mol. The van der Waals surface area contributed by atoms with E-state index in [0.717, 1.165) is 37.9 Å². The van der Waals surface area contributed by atoms with Crippen molar-refractivity contribution in [3.8, 4) is 0 Å². The van der Waals surface area contributed by atoms with Crippen LogP contribution in [-0.4, -0.2) is 40.7 Å². The van der Waals surface area contributed by atoms with Gasteiger partial charge in [-0.2, -0.15) is 0 Å². The molecule has 1 atom stereocenters. The molecule has 1 unspecified atom stereocenters. The summed E-state index contributed by atoms with van der Waals surface area (Å²) in [5.74, 6) is 0.540. The highest BCUT2D eigenvalue weighted by atomic mass is 16.3. The Morgan fingerprint density at radius 2 is 2.29 bits per heavy atom. The number of nitrogens with two attached hydrogens (primary N) is 1. The van der Waals surface area contributed by atoms with Crippen LogP contribution in [0, 0.1) is 0 Å². The molecule has 0 bridgehead atoms. The van der Waals surface area contributed by atoms with E-state index in [-0.39, 0.29) is 0 Å². The fourth-order valence-electron chi connectivity index (χ4n) is 2.45. The molecule has 17 heavy (non-hydrogen) atoms. The van der Waals surface area contributed by atoms with E-state index in [1.807, 2.05) is 12.1 Å². The molecule has 4 heteroatoms. The Hall–Kier alpha value is -1.13. The van der Waals surface area contributed by atoms with Gasteiger partial charge in [0.05, 0.1) is 5.60 Å². The number of rotatable bonds is 2. The van der Waals surface area contributed by atoms with Crippen molar-refractivity contribution in [3.63, 3.8) is 0 Å². The topological polar surface area (TPSA) is 62.4 Å². The monoisotopic (exact) mass is 235 g/mol. The number of likely N-dealkylation sites (tertiary alicyclic amines) is 1. The van der Waals surface area contributed by atoms with Crippen LogP contribution in [0.3, 0.4) is 0 Å². The van der Waals surface area contributed by atoms with Crippen molar-refractivity contribution in [1.82, 2.24) is 9.88 Å². The number of hydrogen-bond acceptors (Lipinski definition) is 4. The Labute approximate surface area is 102 Å². The zero-order valence-electron chi connectivity index (χ0n) is 10.4. The smallest absolute Gasteiger partial charge is 0.126 e. The molecule has 0 amide bonds. The van der Waals surface area contributed by atoms with E-state index in [9.17, 15) is 5.11 Å². The number of anilines is 1. The summed E-state index contributed by atoms with van der Waals surface area (Å²) in [6, 6.07) is 3.83. The molecule has 2 heterocycles. The van der Waals surface area contributed by atoms with Gasteiger partial charge < -0.3 is 15.7 Å². The first-order valence-corrected chi connectivity index (χ1v) is 6.19. The van der Waals surface area contributed by atoms with Crippen molar-refractivity contribution in [2.45, 2.75) is 31.3 Å². The van der Waals surface area contributed by atoms with Crippen molar-refractivity contribution >= 4 is 5.82 Å². The minimum Gasteiger partial charge on any atom is -0.389 e. The molecule has 0 saturated carbocycles. The summed E-state index contributed by atoms with van der Waals surface area (Å²) in [5, 5.41) is 10.6. The molecule has 1 aromatic rings. The van der Waals surface area contributed by atoms with Crippen LogP contribution < -0.4 is 5.73 Å². The fourth-order valence-corrected chi connectivity index (χ4v) is 2.45. The molecule has 0 aromatic carbocycles. The maximum Gasteiger partial charge on any atom is 0.126 e. The Morgan fingerprint density at radius 1 is 1.47 bits per heavy atom. The van der Waals surface area contributed by atoms with E-state index < -0.39 is 5.60 Å². The third-order valence-corrected chi connectivity index (χ3v) is 3.59. The van der Waals surface area contributed by atoms with Gasteiger partial charge in [0.15, 0.2) is 0 Å². The number of nitrogens with zero attached hydrogens (tertiary/aromatic N) is 2. The maximum atomic E-state index is 10.6. The van der Waals surface area contributed by atoms with Gasteiger partial charge in [-0.15, -0.1) is 0 Å². The van der Waals surface area contributed by atoms with Gasteiger partial charge in [-0.05, 0) is 44.5 Å². The summed E-state index contributed by atoms with van der Waals surface area (Å²) in [7, 11) is 2.10. The Balaban J connectivity index is 2.09. The van der Waals surface area contributed by atoms with E-state index >= 15 is 0 Å². The van der Waals surface area contributed by atoms with Crippen molar-refractivity contribution in [1.29, 1.82) is 0 Å². The SMILES string of the molecule is CN1CCCC(O)(Cc2cccnc2N)CC1. The summed E-state index contributed by atoms with van der Waals surface area (Å²) in [5.41, 5.74) is 6.17. The highest BCUT2D eigenvalue weighted by Gasteiger charge is 2.30. The van der Waals surface area contributed by atoms with E-state index in [1.165, 1.54) is 0 Å². The molecule has 1 saturated heterocycles. The zero-order valence-corrected chi connectivity index (χ0v) is 10.4. The second-order valence-electron chi connectivity index (χ2n) is 5.11. The Bertz CT molecular complexity index is 383. The number of hydrogen-bond donors (Lipinski definition) is 2. The lowest BCUT2D eigenvalue weighted by Gasteiger charge is -2.27. The van der Waals surface area contributed by atoms with Crippen LogP contribution in [0.5, 0.6) is 0 Å². The van der Waals surface area contributed by atoms with Gasteiger partial charge in [0.25, 0.3) is 0 Å².